The van der Waals surface area contributed by atoms with Gasteiger partial charge in [-0.3, -0.25) is 9.59 Å². The lowest BCUT2D eigenvalue weighted by atomic mass is 9.93. The Kier molecular flexibility index (Phi) is 25.4. The average molecular weight is 587 g/mol. The molecule has 0 aliphatic carbocycles. The first kappa shape index (κ1) is 38.2. The average Bonchev–Trinajstić information content (AvgIpc) is 2.96. The third-order valence-electron chi connectivity index (χ3n) is 8.76. The Morgan fingerprint density at radius 2 is 0.810 bits per heavy atom. The van der Waals surface area contributed by atoms with Gasteiger partial charge in [0.2, 0.25) is 0 Å². The first-order valence-corrected chi connectivity index (χ1v) is 18.1. The van der Waals surface area contributed by atoms with E-state index in [9.17, 15) is 9.59 Å². The molecule has 0 saturated heterocycles. The highest BCUT2D eigenvalue weighted by atomic mass is 16.4. The van der Waals surface area contributed by atoms with Gasteiger partial charge < -0.3 is 10.2 Å². The Morgan fingerprint density at radius 3 is 1.24 bits per heavy atom. The number of carbonyl (C=O) groups is 2. The molecular weight excluding hydrogens is 520 g/mol. The molecule has 1 rings (SSSR count). The Labute approximate surface area is 259 Å². The lowest BCUT2D eigenvalue weighted by Crippen LogP contribution is -1.99. The van der Waals surface area contributed by atoms with Crippen LogP contribution in [-0.4, -0.2) is 22.2 Å². The van der Waals surface area contributed by atoms with Crippen LogP contribution in [0.4, 0.5) is 0 Å². The van der Waals surface area contributed by atoms with E-state index >= 15 is 0 Å². The van der Waals surface area contributed by atoms with Gasteiger partial charge in [-0.15, -0.1) is 0 Å². The van der Waals surface area contributed by atoms with Crippen molar-refractivity contribution in [2.24, 2.45) is 0 Å². The zero-order chi connectivity index (χ0) is 30.5. The summed E-state index contributed by atoms with van der Waals surface area (Å²) in [6.45, 7) is 2.29. The van der Waals surface area contributed by atoms with Crippen LogP contribution in [0.2, 0.25) is 0 Å². The summed E-state index contributed by atoms with van der Waals surface area (Å²) in [5.41, 5.74) is 4.65. The first-order valence-electron chi connectivity index (χ1n) is 18.1. The zero-order valence-electron chi connectivity index (χ0n) is 27.4. The van der Waals surface area contributed by atoms with Crippen LogP contribution in [-0.2, 0) is 28.9 Å². The minimum atomic E-state index is -0.673. The van der Waals surface area contributed by atoms with Crippen molar-refractivity contribution in [2.45, 2.75) is 193 Å². The SMILES string of the molecule is CCCCCCCCCCCCc1ccc(CCCCCCCCCC(=O)O)c(CCCCCCCCCC(=O)O)c1. The molecule has 0 heterocycles. The van der Waals surface area contributed by atoms with E-state index in [1.165, 1.54) is 140 Å². The molecule has 2 N–H and O–H groups in total. The van der Waals surface area contributed by atoms with Crippen LogP contribution in [0, 0.1) is 0 Å². The molecule has 0 amide bonds. The molecule has 4 heteroatoms. The van der Waals surface area contributed by atoms with Crippen molar-refractivity contribution >= 4 is 11.9 Å². The van der Waals surface area contributed by atoms with Crippen LogP contribution >= 0.6 is 0 Å². The predicted molar refractivity (Wildman–Crippen MR) is 179 cm³/mol. The van der Waals surface area contributed by atoms with E-state index < -0.39 is 11.9 Å². The lowest BCUT2D eigenvalue weighted by Gasteiger charge is -2.13. The predicted octanol–water partition coefficient (Wildman–Crippen LogP) is 11.6. The number of rotatable bonds is 31. The molecule has 0 fully saturated rings. The van der Waals surface area contributed by atoms with Crippen molar-refractivity contribution in [1.82, 2.24) is 0 Å². The van der Waals surface area contributed by atoms with Gasteiger partial charge in [0.15, 0.2) is 0 Å². The summed E-state index contributed by atoms with van der Waals surface area (Å²) in [7, 11) is 0. The van der Waals surface area contributed by atoms with Gasteiger partial charge in [-0.1, -0.05) is 147 Å². The quantitative estimate of drug-likeness (QED) is 0.0848. The van der Waals surface area contributed by atoms with Gasteiger partial charge in [0, 0.05) is 12.8 Å². The van der Waals surface area contributed by atoms with Crippen LogP contribution in [0.5, 0.6) is 0 Å². The minimum Gasteiger partial charge on any atom is -0.481 e. The molecule has 0 aromatic heterocycles. The lowest BCUT2D eigenvalue weighted by molar-refractivity contribution is -0.138. The number of hydrogen-bond acceptors (Lipinski definition) is 2. The number of carboxylic acids is 2. The summed E-state index contributed by atoms with van der Waals surface area (Å²) in [6, 6.07) is 7.35. The standard InChI is InChI=1S/C38H66O4/c1-2-3-4-5-6-7-8-11-16-21-26-34-31-32-35(27-22-17-12-9-14-19-24-29-37(39)40)36(33-34)28-23-18-13-10-15-20-25-30-38(41)42/h31-33H,2-30H2,1H3,(H,39,40)(H,41,42). The maximum Gasteiger partial charge on any atom is 0.303 e. The number of benzene rings is 1. The normalized spacial score (nSPS) is 11.3. The second kappa shape index (κ2) is 28.0. The van der Waals surface area contributed by atoms with E-state index in [0.29, 0.717) is 12.8 Å². The van der Waals surface area contributed by atoms with Gasteiger partial charge in [-0.2, -0.15) is 0 Å². The van der Waals surface area contributed by atoms with Crippen LogP contribution in [0.3, 0.4) is 0 Å². The van der Waals surface area contributed by atoms with Crippen LogP contribution in [0.1, 0.15) is 191 Å². The number of hydrogen-bond donors (Lipinski definition) is 2. The minimum absolute atomic E-state index is 0.310. The van der Waals surface area contributed by atoms with Gasteiger partial charge in [-0.25, -0.2) is 0 Å². The molecule has 1 aromatic carbocycles. The van der Waals surface area contributed by atoms with E-state index in [-0.39, 0.29) is 0 Å². The zero-order valence-corrected chi connectivity index (χ0v) is 27.4. The molecule has 0 bridgehead atoms. The van der Waals surface area contributed by atoms with E-state index in [2.05, 4.69) is 25.1 Å². The van der Waals surface area contributed by atoms with Gasteiger partial charge >= 0.3 is 11.9 Å². The summed E-state index contributed by atoms with van der Waals surface area (Å²) < 4.78 is 0. The highest BCUT2D eigenvalue weighted by molar-refractivity contribution is 5.66. The van der Waals surface area contributed by atoms with Gasteiger partial charge in [0.1, 0.15) is 0 Å². The Balaban J connectivity index is 2.38. The van der Waals surface area contributed by atoms with Crippen LogP contribution in [0.25, 0.3) is 0 Å². The molecule has 0 aliphatic heterocycles. The molecule has 0 aliphatic rings. The van der Waals surface area contributed by atoms with E-state index in [0.717, 1.165) is 38.5 Å². The maximum atomic E-state index is 10.7. The van der Waals surface area contributed by atoms with E-state index in [1.807, 2.05) is 0 Å². The topological polar surface area (TPSA) is 74.6 Å². The fourth-order valence-electron chi connectivity index (χ4n) is 6.08. The second-order valence-electron chi connectivity index (χ2n) is 12.8. The Bertz CT molecular complexity index is 787. The van der Waals surface area contributed by atoms with Gasteiger partial charge in [0.25, 0.3) is 0 Å². The summed E-state index contributed by atoms with van der Waals surface area (Å²) in [4.78, 5) is 21.3. The molecular formula is C38H66O4. The van der Waals surface area contributed by atoms with Crippen LogP contribution in [0.15, 0.2) is 18.2 Å². The van der Waals surface area contributed by atoms with Crippen molar-refractivity contribution < 1.29 is 19.8 Å². The maximum absolute atomic E-state index is 10.7. The second-order valence-corrected chi connectivity index (χ2v) is 12.8. The number of carboxylic acid groups (broad SMARTS) is 2. The van der Waals surface area contributed by atoms with Crippen molar-refractivity contribution in [2.75, 3.05) is 0 Å². The third kappa shape index (κ3) is 23.7. The molecule has 0 spiro atoms. The van der Waals surface area contributed by atoms with Crippen molar-refractivity contribution in [3.05, 3.63) is 34.9 Å². The first-order chi connectivity index (χ1) is 20.5. The van der Waals surface area contributed by atoms with Crippen LogP contribution < -0.4 is 0 Å². The van der Waals surface area contributed by atoms with Gasteiger partial charge in [-0.05, 0) is 68.1 Å². The molecule has 0 unspecified atom stereocenters. The summed E-state index contributed by atoms with van der Waals surface area (Å²) in [6.07, 6.45) is 34.1. The number of unbranched alkanes of at least 4 members (excludes halogenated alkanes) is 21. The molecule has 0 radical (unpaired) electrons. The van der Waals surface area contributed by atoms with Crippen molar-refractivity contribution in [3.63, 3.8) is 0 Å². The summed E-state index contributed by atoms with van der Waals surface area (Å²) in [5, 5.41) is 17.5. The van der Waals surface area contributed by atoms with E-state index in [1.54, 1.807) is 11.1 Å². The molecule has 0 atom stereocenters. The summed E-state index contributed by atoms with van der Waals surface area (Å²) >= 11 is 0. The molecule has 42 heavy (non-hydrogen) atoms. The summed E-state index contributed by atoms with van der Waals surface area (Å²) in [5.74, 6) is -1.34. The highest BCUT2D eigenvalue weighted by Crippen LogP contribution is 2.21. The van der Waals surface area contributed by atoms with Crippen molar-refractivity contribution in [3.8, 4) is 0 Å². The molecule has 1 aromatic rings. The molecule has 0 saturated carbocycles. The van der Waals surface area contributed by atoms with E-state index in [4.69, 9.17) is 10.2 Å². The fraction of sp³-hybridized carbons (Fsp3) is 0.789. The fourth-order valence-corrected chi connectivity index (χ4v) is 6.08. The monoisotopic (exact) mass is 586 g/mol. The Hall–Kier alpha value is -1.84. The highest BCUT2D eigenvalue weighted by Gasteiger charge is 2.06. The number of aliphatic carboxylic acids is 2. The molecule has 4 nitrogen and oxygen atoms in total. The van der Waals surface area contributed by atoms with Gasteiger partial charge in [0.05, 0.1) is 0 Å². The largest absolute Gasteiger partial charge is 0.481 e. The van der Waals surface area contributed by atoms with Crippen molar-refractivity contribution in [1.29, 1.82) is 0 Å². The third-order valence-corrected chi connectivity index (χ3v) is 8.76. The molecule has 242 valence electrons. The Morgan fingerprint density at radius 1 is 0.452 bits per heavy atom. The number of aryl methyl sites for hydroxylation is 3. The smallest absolute Gasteiger partial charge is 0.303 e.